The number of aromatic nitrogens is 5. The van der Waals surface area contributed by atoms with Crippen molar-refractivity contribution >= 4 is 51.0 Å². The minimum Gasteiger partial charge on any atom is -0.494 e. The van der Waals surface area contributed by atoms with Crippen molar-refractivity contribution in [2.75, 3.05) is 44.0 Å². The van der Waals surface area contributed by atoms with Crippen LogP contribution in [0.5, 0.6) is 5.75 Å². The van der Waals surface area contributed by atoms with Crippen molar-refractivity contribution in [3.63, 3.8) is 0 Å². The van der Waals surface area contributed by atoms with Gasteiger partial charge in [-0.1, -0.05) is 12.1 Å². The maximum Gasteiger partial charge on any atom is 0.433 e. The van der Waals surface area contributed by atoms with Gasteiger partial charge in [0.05, 0.1) is 41.1 Å². The number of amides is 3. The Morgan fingerprint density at radius 3 is 2.45 bits per heavy atom. The topological polar surface area (TPSA) is 149 Å². The zero-order valence-corrected chi connectivity index (χ0v) is 32.6. The number of nitrogens with one attached hydrogen (secondary N) is 2. The van der Waals surface area contributed by atoms with E-state index >= 15 is 0 Å². The number of fused-ring (bicyclic) bond motifs is 2. The molecule has 17 heteroatoms. The zero-order valence-electron chi connectivity index (χ0n) is 32.6. The zero-order chi connectivity index (χ0) is 40.9. The Labute approximate surface area is 331 Å². The number of ether oxygens (including phenoxy) is 1. The van der Waals surface area contributed by atoms with Crippen LogP contribution in [0.25, 0.3) is 21.9 Å². The minimum atomic E-state index is -4.67. The Hall–Kier alpha value is -5.71. The second-order valence-electron chi connectivity index (χ2n) is 15.7. The lowest BCUT2D eigenvalue weighted by molar-refractivity contribution is -0.141. The summed E-state index contributed by atoms with van der Waals surface area (Å²) in [6.07, 6.45) is 3.77. The van der Waals surface area contributed by atoms with Gasteiger partial charge in [-0.25, -0.2) is 9.78 Å². The molecule has 0 spiro atoms. The molecule has 3 aliphatic rings. The number of methoxy groups -OCH3 is 1. The summed E-state index contributed by atoms with van der Waals surface area (Å²) in [5.74, 6) is -0.655. The monoisotopic (exact) mass is 801 g/mol. The largest absolute Gasteiger partial charge is 0.494 e. The van der Waals surface area contributed by atoms with E-state index in [4.69, 9.17) is 9.84 Å². The number of imidazole rings is 1. The number of rotatable bonds is 9. The molecule has 2 saturated heterocycles. The second kappa shape index (κ2) is 15.6. The highest BCUT2D eigenvalue weighted by molar-refractivity contribution is 6.05. The van der Waals surface area contributed by atoms with E-state index in [2.05, 4.69) is 32.5 Å². The van der Waals surface area contributed by atoms with Gasteiger partial charge in [0.25, 0.3) is 5.91 Å². The van der Waals surface area contributed by atoms with E-state index in [1.165, 1.54) is 17.7 Å². The van der Waals surface area contributed by atoms with Crippen molar-refractivity contribution < 1.29 is 32.3 Å². The molecule has 1 unspecified atom stereocenters. The van der Waals surface area contributed by atoms with E-state index in [0.29, 0.717) is 40.9 Å². The van der Waals surface area contributed by atoms with Gasteiger partial charge >= 0.3 is 11.9 Å². The summed E-state index contributed by atoms with van der Waals surface area (Å²) in [7, 11) is 5.40. The third kappa shape index (κ3) is 7.54. The molecule has 1 aliphatic carbocycles. The van der Waals surface area contributed by atoms with Crippen molar-refractivity contribution in [3.05, 3.63) is 76.6 Å². The van der Waals surface area contributed by atoms with Crippen molar-refractivity contribution in [1.29, 1.82) is 0 Å². The molecule has 3 amide bonds. The van der Waals surface area contributed by atoms with Crippen molar-refractivity contribution in [2.24, 2.45) is 13.0 Å². The number of carbonyl (C=O) groups is 3. The Morgan fingerprint density at radius 1 is 1.00 bits per heavy atom. The summed E-state index contributed by atoms with van der Waals surface area (Å²) >= 11 is 0. The van der Waals surface area contributed by atoms with Gasteiger partial charge in [-0.15, -0.1) is 0 Å². The van der Waals surface area contributed by atoms with Crippen LogP contribution in [0.15, 0.2) is 59.5 Å². The van der Waals surface area contributed by atoms with Gasteiger partial charge in [-0.3, -0.25) is 33.5 Å². The summed E-state index contributed by atoms with van der Waals surface area (Å²) in [4.78, 5) is 59.2. The lowest BCUT2D eigenvalue weighted by atomic mass is 9.85. The Bertz CT molecular complexity index is 2440. The van der Waals surface area contributed by atoms with Gasteiger partial charge in [-0.2, -0.15) is 18.3 Å². The second-order valence-corrected chi connectivity index (χ2v) is 15.7. The van der Waals surface area contributed by atoms with Crippen LogP contribution in [0, 0.1) is 5.92 Å². The number of para-hydroxylation sites is 1. The molecule has 3 fully saturated rings. The molecule has 5 heterocycles. The Balaban J connectivity index is 0.866. The number of piperidine rings is 2. The minimum absolute atomic E-state index is 0.197. The molecule has 3 aromatic heterocycles. The van der Waals surface area contributed by atoms with Crippen LogP contribution in [0.1, 0.15) is 79.6 Å². The van der Waals surface area contributed by atoms with Gasteiger partial charge in [0.1, 0.15) is 23.2 Å². The van der Waals surface area contributed by atoms with Crippen LogP contribution in [-0.2, 0) is 22.8 Å². The van der Waals surface area contributed by atoms with E-state index in [1.807, 2.05) is 29.1 Å². The van der Waals surface area contributed by atoms with E-state index in [1.54, 1.807) is 23.7 Å². The third-order valence-corrected chi connectivity index (χ3v) is 12.1. The molecule has 14 nitrogen and oxygen atoms in total. The van der Waals surface area contributed by atoms with Gasteiger partial charge in [0.15, 0.2) is 0 Å². The first-order chi connectivity index (χ1) is 27.8. The van der Waals surface area contributed by atoms with E-state index in [-0.39, 0.29) is 29.8 Å². The number of hydrogen-bond acceptors (Lipinski definition) is 9. The van der Waals surface area contributed by atoms with Crippen molar-refractivity contribution in [3.8, 4) is 5.75 Å². The van der Waals surface area contributed by atoms with Crippen LogP contribution < -0.4 is 26.0 Å². The van der Waals surface area contributed by atoms with E-state index in [0.717, 1.165) is 86.9 Å². The average Bonchev–Trinajstić information content (AvgIpc) is 3.74. The van der Waals surface area contributed by atoms with Crippen LogP contribution >= 0.6 is 0 Å². The molecule has 2 N–H and O–H groups in total. The number of imide groups is 1. The quantitative estimate of drug-likeness (QED) is 0.180. The van der Waals surface area contributed by atoms with Gasteiger partial charge in [0, 0.05) is 56.8 Å². The number of hydrogen-bond donors (Lipinski definition) is 2. The number of nitrogens with zero attached hydrogens (tertiary/aromatic N) is 7. The molecule has 1 atom stereocenters. The van der Waals surface area contributed by atoms with Crippen LogP contribution in [0.2, 0.25) is 0 Å². The summed E-state index contributed by atoms with van der Waals surface area (Å²) < 4.78 is 50.2. The maximum absolute atomic E-state index is 13.4. The fourth-order valence-electron chi connectivity index (χ4n) is 9.03. The third-order valence-electron chi connectivity index (χ3n) is 12.1. The fraction of sp³-hybridized carbons (Fsp3) is 0.463. The highest BCUT2D eigenvalue weighted by Crippen LogP contribution is 2.37. The molecule has 2 aliphatic heterocycles. The van der Waals surface area contributed by atoms with Gasteiger partial charge in [0.2, 0.25) is 11.8 Å². The molecule has 0 bridgehead atoms. The fourth-order valence-corrected chi connectivity index (χ4v) is 9.03. The predicted octanol–water partition coefficient (Wildman–Crippen LogP) is 5.67. The first-order valence-electron chi connectivity index (χ1n) is 19.7. The van der Waals surface area contributed by atoms with E-state index in [9.17, 15) is 32.3 Å². The maximum atomic E-state index is 13.4. The molecule has 2 aromatic carbocycles. The molecule has 5 aromatic rings. The number of pyridine rings is 1. The highest BCUT2D eigenvalue weighted by atomic mass is 19.4. The highest BCUT2D eigenvalue weighted by Gasteiger charge is 2.35. The first kappa shape index (κ1) is 39.1. The summed E-state index contributed by atoms with van der Waals surface area (Å²) in [5, 5.41) is 10.6. The standard InChI is InChI=1S/C41H46F3N9O5/c1-49(26-16-18-51(19-17-26)31-7-5-8-32-37(31)50(2)40(57)53(32)33-14-15-36(54)47-39(33)56)22-24-10-12-27(13-11-24)52-23-25-20-30(34(58-3)21-29(25)48-52)46-38(55)28-6-4-9-35(45-28)41(42,43)44/h4-9,20-21,23-24,26-27,33H,10-19,22H2,1-3H3,(H,46,55)(H,47,54,56)/t24-,27-,33?. The molecule has 306 valence electrons. The van der Waals surface area contributed by atoms with Crippen LogP contribution in [-0.4, -0.2) is 86.4 Å². The average molecular weight is 802 g/mol. The number of aryl methyl sites for hydroxylation is 1. The number of anilines is 2. The molecule has 0 radical (unpaired) electrons. The van der Waals surface area contributed by atoms with Crippen molar-refractivity contribution in [1.82, 2.24) is 34.1 Å². The number of halogens is 3. The first-order valence-corrected chi connectivity index (χ1v) is 19.7. The smallest absolute Gasteiger partial charge is 0.433 e. The SMILES string of the molecule is COc1cc2nn([C@H]3CC[C@H](CN(C)C4CCN(c5cccc6c5n(C)c(=O)n6C5CCC(=O)NC5=O)CC4)CC3)cc2cc1NC(=O)c1cccc(C(F)(F)F)n1. The normalized spacial score (nSPS) is 20.9. The molecule has 8 rings (SSSR count). The van der Waals surface area contributed by atoms with Gasteiger partial charge in [-0.05, 0) is 88.2 Å². The molecule has 58 heavy (non-hydrogen) atoms. The Kier molecular flexibility index (Phi) is 10.5. The molecular weight excluding hydrogens is 756 g/mol. The molecular formula is C41H46F3N9O5. The lowest BCUT2D eigenvalue weighted by Crippen LogP contribution is -2.45. The van der Waals surface area contributed by atoms with E-state index < -0.39 is 29.7 Å². The number of carbonyl (C=O) groups excluding carboxylic acids is 3. The Morgan fingerprint density at radius 2 is 1.74 bits per heavy atom. The number of alkyl halides is 3. The summed E-state index contributed by atoms with van der Waals surface area (Å²) in [6, 6.07) is 12.4. The lowest BCUT2D eigenvalue weighted by Gasteiger charge is -2.40. The van der Waals surface area contributed by atoms with Gasteiger partial charge < -0.3 is 19.9 Å². The summed E-state index contributed by atoms with van der Waals surface area (Å²) in [6.45, 7) is 2.67. The predicted molar refractivity (Wildman–Crippen MR) is 211 cm³/mol. The van der Waals surface area contributed by atoms with Crippen molar-refractivity contribution in [2.45, 2.75) is 75.7 Å². The summed E-state index contributed by atoms with van der Waals surface area (Å²) in [5.41, 5.74) is 1.69. The number of benzene rings is 2. The van der Waals surface area contributed by atoms with Crippen LogP contribution in [0.4, 0.5) is 24.5 Å². The molecule has 1 saturated carbocycles. The van der Waals surface area contributed by atoms with Crippen LogP contribution in [0.3, 0.4) is 0 Å².